The molecule has 1 aliphatic heterocycles. The molecular formula is C11H15N2O. The third-order valence-corrected chi connectivity index (χ3v) is 2.47. The Morgan fingerprint density at radius 2 is 2.43 bits per heavy atom. The number of benzene rings is 1. The van der Waals surface area contributed by atoms with Crippen molar-refractivity contribution in [3.8, 4) is 5.75 Å². The number of nitrogens with one attached hydrogen (secondary N) is 1. The number of hydrogen-bond acceptors (Lipinski definition) is 2. The molecule has 0 aromatic heterocycles. The Morgan fingerprint density at radius 1 is 1.50 bits per heavy atom. The molecule has 1 aromatic rings. The summed E-state index contributed by atoms with van der Waals surface area (Å²) in [6, 6.07) is 8.52. The second-order valence-corrected chi connectivity index (χ2v) is 3.41. The maximum absolute atomic E-state index is 5.19. The summed E-state index contributed by atoms with van der Waals surface area (Å²) in [5, 5.41) is 7.82. The minimum Gasteiger partial charge on any atom is -0.497 e. The first-order valence-corrected chi connectivity index (χ1v) is 4.91. The number of piperazine rings is 1. The molecule has 1 fully saturated rings. The first-order chi connectivity index (χ1) is 6.90. The fourth-order valence-electron chi connectivity index (χ4n) is 1.68. The Balaban J connectivity index is 2.13. The van der Waals surface area contributed by atoms with Crippen LogP contribution in [-0.4, -0.2) is 26.7 Å². The molecule has 0 aliphatic carbocycles. The van der Waals surface area contributed by atoms with E-state index in [1.165, 1.54) is 5.56 Å². The molecule has 0 saturated carbocycles. The minimum absolute atomic E-state index is 0.360. The Hall–Kier alpha value is -1.06. The maximum Gasteiger partial charge on any atom is 0.119 e. The Morgan fingerprint density at radius 3 is 3.14 bits per heavy atom. The first kappa shape index (κ1) is 9.49. The van der Waals surface area contributed by atoms with Crippen molar-refractivity contribution in [3.63, 3.8) is 0 Å². The highest BCUT2D eigenvalue weighted by Gasteiger charge is 2.14. The highest BCUT2D eigenvalue weighted by molar-refractivity contribution is 5.30. The van der Waals surface area contributed by atoms with Crippen molar-refractivity contribution in [2.24, 2.45) is 0 Å². The van der Waals surface area contributed by atoms with Crippen molar-refractivity contribution >= 4 is 0 Å². The van der Waals surface area contributed by atoms with Crippen LogP contribution in [0.3, 0.4) is 0 Å². The molecule has 0 bridgehead atoms. The third-order valence-electron chi connectivity index (χ3n) is 2.47. The number of ether oxygens (including phenoxy) is 1. The van der Waals surface area contributed by atoms with E-state index in [-0.39, 0.29) is 0 Å². The van der Waals surface area contributed by atoms with Gasteiger partial charge in [0.1, 0.15) is 5.75 Å². The van der Waals surface area contributed by atoms with Gasteiger partial charge in [-0.15, -0.1) is 0 Å². The zero-order valence-electron chi connectivity index (χ0n) is 8.36. The summed E-state index contributed by atoms with van der Waals surface area (Å²) >= 11 is 0. The van der Waals surface area contributed by atoms with Gasteiger partial charge in [0, 0.05) is 25.7 Å². The summed E-state index contributed by atoms with van der Waals surface area (Å²) in [6.07, 6.45) is 0. The molecule has 1 heterocycles. The predicted octanol–water partition coefficient (Wildman–Crippen LogP) is 0.944. The van der Waals surface area contributed by atoms with Gasteiger partial charge in [-0.2, -0.15) is 0 Å². The molecule has 0 amide bonds. The van der Waals surface area contributed by atoms with Gasteiger partial charge in [0.2, 0.25) is 0 Å². The van der Waals surface area contributed by atoms with Crippen LogP contribution in [0.25, 0.3) is 0 Å². The van der Waals surface area contributed by atoms with Crippen LogP contribution in [0.4, 0.5) is 0 Å². The van der Waals surface area contributed by atoms with Gasteiger partial charge >= 0.3 is 0 Å². The van der Waals surface area contributed by atoms with Crippen molar-refractivity contribution < 1.29 is 4.74 Å². The fraction of sp³-hybridized carbons (Fsp3) is 0.455. The third kappa shape index (κ3) is 2.05. The molecule has 1 radical (unpaired) electrons. The summed E-state index contributed by atoms with van der Waals surface area (Å²) in [4.78, 5) is 0. The zero-order valence-corrected chi connectivity index (χ0v) is 8.36. The van der Waals surface area contributed by atoms with Crippen LogP contribution in [0.2, 0.25) is 0 Å². The highest BCUT2D eigenvalue weighted by Crippen LogP contribution is 2.19. The number of nitrogens with zero attached hydrogens (tertiary/aromatic N) is 1. The fourth-order valence-corrected chi connectivity index (χ4v) is 1.68. The van der Waals surface area contributed by atoms with Crippen LogP contribution in [-0.2, 0) is 0 Å². The minimum atomic E-state index is 0.360. The molecule has 1 N–H and O–H groups in total. The molecular weight excluding hydrogens is 176 g/mol. The van der Waals surface area contributed by atoms with Gasteiger partial charge in [0.25, 0.3) is 0 Å². The highest BCUT2D eigenvalue weighted by atomic mass is 16.5. The van der Waals surface area contributed by atoms with Gasteiger partial charge in [0.05, 0.1) is 7.11 Å². The lowest BCUT2D eigenvalue weighted by molar-refractivity contribution is 0.405. The van der Waals surface area contributed by atoms with Gasteiger partial charge in [-0.05, 0) is 17.7 Å². The van der Waals surface area contributed by atoms with Gasteiger partial charge in [0.15, 0.2) is 0 Å². The van der Waals surface area contributed by atoms with E-state index in [9.17, 15) is 0 Å². The Bertz CT molecular complexity index is 295. The summed E-state index contributed by atoms with van der Waals surface area (Å²) in [5.41, 5.74) is 1.26. The molecule has 1 aromatic carbocycles. The quantitative estimate of drug-likeness (QED) is 0.755. The SMILES string of the molecule is COc1cccc(C2C[N]CCN2)c1. The number of methoxy groups -OCH3 is 1. The molecule has 1 atom stereocenters. The van der Waals surface area contributed by atoms with Crippen molar-refractivity contribution in [2.75, 3.05) is 26.7 Å². The van der Waals surface area contributed by atoms with Crippen LogP contribution >= 0.6 is 0 Å². The second kappa shape index (κ2) is 4.44. The summed E-state index contributed by atoms with van der Waals surface area (Å²) in [5.74, 6) is 0.912. The second-order valence-electron chi connectivity index (χ2n) is 3.41. The average Bonchev–Trinajstić information content (AvgIpc) is 2.30. The smallest absolute Gasteiger partial charge is 0.119 e. The lowest BCUT2D eigenvalue weighted by atomic mass is 10.1. The standard InChI is InChI=1S/C11H15N2O/c1-14-10-4-2-3-9(7-10)11-8-12-5-6-13-11/h2-4,7,11,13H,5-6,8H2,1H3. The van der Waals surface area contributed by atoms with E-state index >= 15 is 0 Å². The lowest BCUT2D eigenvalue weighted by Gasteiger charge is -2.23. The van der Waals surface area contributed by atoms with E-state index in [0.717, 1.165) is 25.4 Å². The molecule has 1 saturated heterocycles. The number of hydrogen-bond donors (Lipinski definition) is 1. The molecule has 0 spiro atoms. The molecule has 14 heavy (non-hydrogen) atoms. The van der Waals surface area contributed by atoms with Crippen molar-refractivity contribution in [2.45, 2.75) is 6.04 Å². The van der Waals surface area contributed by atoms with Crippen LogP contribution in [0, 0.1) is 0 Å². The normalized spacial score (nSPS) is 21.9. The Labute approximate surface area is 84.5 Å². The maximum atomic E-state index is 5.19. The van der Waals surface area contributed by atoms with Crippen LogP contribution in [0.15, 0.2) is 24.3 Å². The summed E-state index contributed by atoms with van der Waals surface area (Å²) in [6.45, 7) is 2.77. The average molecular weight is 191 g/mol. The molecule has 1 aliphatic rings. The van der Waals surface area contributed by atoms with Gasteiger partial charge in [-0.1, -0.05) is 12.1 Å². The van der Waals surface area contributed by atoms with E-state index in [4.69, 9.17) is 4.74 Å². The molecule has 3 nitrogen and oxygen atoms in total. The first-order valence-electron chi connectivity index (χ1n) is 4.91. The monoisotopic (exact) mass is 191 g/mol. The van der Waals surface area contributed by atoms with Gasteiger partial charge in [-0.25, -0.2) is 5.32 Å². The number of rotatable bonds is 2. The van der Waals surface area contributed by atoms with Crippen LogP contribution in [0.1, 0.15) is 11.6 Å². The van der Waals surface area contributed by atoms with Crippen molar-refractivity contribution in [1.29, 1.82) is 0 Å². The topological polar surface area (TPSA) is 35.4 Å². The van der Waals surface area contributed by atoms with Crippen LogP contribution < -0.4 is 15.4 Å². The van der Waals surface area contributed by atoms with Gasteiger partial charge < -0.3 is 10.1 Å². The van der Waals surface area contributed by atoms with Crippen molar-refractivity contribution in [3.05, 3.63) is 29.8 Å². The largest absolute Gasteiger partial charge is 0.497 e. The van der Waals surface area contributed by atoms with E-state index in [2.05, 4.69) is 22.8 Å². The van der Waals surface area contributed by atoms with Gasteiger partial charge in [-0.3, -0.25) is 0 Å². The zero-order chi connectivity index (χ0) is 9.80. The van der Waals surface area contributed by atoms with E-state index in [0.29, 0.717) is 6.04 Å². The van der Waals surface area contributed by atoms with E-state index in [1.54, 1.807) is 7.11 Å². The molecule has 1 unspecified atom stereocenters. The molecule has 3 heteroatoms. The van der Waals surface area contributed by atoms with E-state index in [1.807, 2.05) is 12.1 Å². The van der Waals surface area contributed by atoms with E-state index < -0.39 is 0 Å². The Kier molecular flexibility index (Phi) is 3.01. The summed E-state index contributed by atoms with van der Waals surface area (Å²) in [7, 11) is 1.69. The molecule has 2 rings (SSSR count). The lowest BCUT2D eigenvalue weighted by Crippen LogP contribution is -2.38. The van der Waals surface area contributed by atoms with Crippen LogP contribution in [0.5, 0.6) is 5.75 Å². The van der Waals surface area contributed by atoms with Crippen molar-refractivity contribution in [1.82, 2.24) is 10.6 Å². The molecule has 75 valence electrons. The summed E-state index contributed by atoms with van der Waals surface area (Å²) < 4.78 is 5.19. The predicted molar refractivity (Wildman–Crippen MR) is 55.6 cm³/mol.